The second-order valence-corrected chi connectivity index (χ2v) is 8.02. The third-order valence-electron chi connectivity index (χ3n) is 5.96. The molecular formula is C23H28N6O2. The highest BCUT2D eigenvalue weighted by molar-refractivity contribution is 5.77. The number of rotatable bonds is 7. The molecule has 1 aliphatic rings. The van der Waals surface area contributed by atoms with Gasteiger partial charge in [0, 0.05) is 43.9 Å². The van der Waals surface area contributed by atoms with E-state index in [9.17, 15) is 9.59 Å². The molecule has 2 amide bonds. The number of carbonyl (C=O) groups excluding carboxylic acids is 2. The fourth-order valence-corrected chi connectivity index (χ4v) is 4.18. The molecule has 0 fully saturated rings. The van der Waals surface area contributed by atoms with Crippen molar-refractivity contribution < 1.29 is 9.59 Å². The molecule has 0 radical (unpaired) electrons. The van der Waals surface area contributed by atoms with Gasteiger partial charge in [-0.15, -0.1) is 0 Å². The second-order valence-electron chi connectivity index (χ2n) is 8.02. The van der Waals surface area contributed by atoms with Crippen LogP contribution in [0.3, 0.4) is 0 Å². The molecule has 1 N–H and O–H groups in total. The summed E-state index contributed by atoms with van der Waals surface area (Å²) < 4.78 is 1.70. The Morgan fingerprint density at radius 1 is 1.13 bits per heavy atom. The Balaban J connectivity index is 1.19. The zero-order valence-corrected chi connectivity index (χ0v) is 18.1. The van der Waals surface area contributed by atoms with Crippen molar-refractivity contribution in [1.82, 2.24) is 29.8 Å². The molecule has 3 heterocycles. The molecule has 4 rings (SSSR count). The number of amides is 2. The van der Waals surface area contributed by atoms with Crippen molar-refractivity contribution in [1.29, 1.82) is 0 Å². The molecule has 162 valence electrons. The fourth-order valence-electron chi connectivity index (χ4n) is 4.18. The van der Waals surface area contributed by atoms with Crippen molar-refractivity contribution in [2.45, 2.75) is 52.5 Å². The zero-order valence-electron chi connectivity index (χ0n) is 18.1. The van der Waals surface area contributed by atoms with E-state index in [1.54, 1.807) is 4.52 Å². The van der Waals surface area contributed by atoms with Crippen LogP contribution in [0.1, 0.15) is 47.3 Å². The molecule has 0 aliphatic carbocycles. The molecule has 2 aromatic heterocycles. The number of hydrogen-bond donors (Lipinski definition) is 1. The Morgan fingerprint density at radius 2 is 1.94 bits per heavy atom. The first-order valence-corrected chi connectivity index (χ1v) is 10.8. The molecule has 0 saturated heterocycles. The predicted octanol–water partition coefficient (Wildman–Crippen LogP) is 2.16. The van der Waals surface area contributed by atoms with Gasteiger partial charge in [0.2, 0.25) is 11.8 Å². The molecule has 0 atom stereocenters. The van der Waals surface area contributed by atoms with Crippen LogP contribution < -0.4 is 5.32 Å². The largest absolute Gasteiger partial charge is 0.356 e. The molecule has 0 spiro atoms. The van der Waals surface area contributed by atoms with E-state index in [0.717, 1.165) is 29.9 Å². The van der Waals surface area contributed by atoms with Crippen molar-refractivity contribution in [3.05, 3.63) is 58.7 Å². The van der Waals surface area contributed by atoms with E-state index in [0.29, 0.717) is 44.6 Å². The van der Waals surface area contributed by atoms with Crippen LogP contribution in [0.2, 0.25) is 0 Å². The molecule has 0 unspecified atom stereocenters. The van der Waals surface area contributed by atoms with Gasteiger partial charge in [-0.3, -0.25) is 9.59 Å². The van der Waals surface area contributed by atoms with Crippen molar-refractivity contribution in [3.8, 4) is 0 Å². The molecule has 1 aliphatic heterocycles. The van der Waals surface area contributed by atoms with Gasteiger partial charge < -0.3 is 10.2 Å². The van der Waals surface area contributed by atoms with E-state index < -0.39 is 0 Å². The monoisotopic (exact) mass is 420 g/mol. The topological polar surface area (TPSA) is 92.5 Å². The lowest BCUT2D eigenvalue weighted by atomic mass is 9.99. The quantitative estimate of drug-likeness (QED) is 0.592. The maximum atomic E-state index is 12.5. The lowest BCUT2D eigenvalue weighted by Crippen LogP contribution is -2.36. The Kier molecular flexibility index (Phi) is 6.25. The summed E-state index contributed by atoms with van der Waals surface area (Å²) in [7, 11) is 0. The van der Waals surface area contributed by atoms with Crippen molar-refractivity contribution in [2.24, 2.45) is 0 Å². The number of nitrogens with zero attached hydrogens (tertiary/aromatic N) is 5. The predicted molar refractivity (Wildman–Crippen MR) is 116 cm³/mol. The summed E-state index contributed by atoms with van der Waals surface area (Å²) in [5.41, 5.74) is 5.43. The molecule has 31 heavy (non-hydrogen) atoms. The van der Waals surface area contributed by atoms with E-state index in [4.69, 9.17) is 0 Å². The third kappa shape index (κ3) is 4.73. The molecule has 8 heteroatoms. The second kappa shape index (κ2) is 9.24. The lowest BCUT2D eigenvalue weighted by Gasteiger charge is -2.29. The highest BCUT2D eigenvalue weighted by Crippen LogP contribution is 2.19. The first kappa shape index (κ1) is 21.0. The average molecular weight is 421 g/mol. The van der Waals surface area contributed by atoms with Crippen molar-refractivity contribution >= 4 is 17.6 Å². The van der Waals surface area contributed by atoms with Gasteiger partial charge in [0.05, 0.1) is 0 Å². The number of benzene rings is 1. The van der Waals surface area contributed by atoms with E-state index in [1.165, 1.54) is 17.5 Å². The Morgan fingerprint density at radius 3 is 2.77 bits per heavy atom. The van der Waals surface area contributed by atoms with Gasteiger partial charge in [0.15, 0.2) is 0 Å². The average Bonchev–Trinajstić information content (AvgIpc) is 3.24. The maximum absolute atomic E-state index is 12.5. The number of fused-ring (bicyclic) bond motifs is 2. The fraction of sp³-hybridized carbons (Fsp3) is 0.435. The normalized spacial score (nSPS) is 13.3. The maximum Gasteiger partial charge on any atom is 0.252 e. The van der Waals surface area contributed by atoms with E-state index in [-0.39, 0.29) is 11.8 Å². The van der Waals surface area contributed by atoms with E-state index in [2.05, 4.69) is 32.5 Å². The lowest BCUT2D eigenvalue weighted by molar-refractivity contribution is -0.132. The number of nitrogens with one attached hydrogen (secondary N) is 1. The SMILES string of the molecule is Cc1nc2ncnn2c(C)c1CCC(=O)NCCCC(=O)N1CCc2ccccc2C1. The van der Waals surface area contributed by atoms with Crippen LogP contribution in [0.15, 0.2) is 30.6 Å². The van der Waals surface area contributed by atoms with Crippen LogP contribution in [0, 0.1) is 13.8 Å². The third-order valence-corrected chi connectivity index (χ3v) is 5.96. The van der Waals surface area contributed by atoms with Gasteiger partial charge in [-0.2, -0.15) is 10.1 Å². The summed E-state index contributed by atoms with van der Waals surface area (Å²) in [6, 6.07) is 8.29. The van der Waals surface area contributed by atoms with Gasteiger partial charge in [-0.1, -0.05) is 24.3 Å². The summed E-state index contributed by atoms with van der Waals surface area (Å²) in [5, 5.41) is 7.11. The molecule has 8 nitrogen and oxygen atoms in total. The van der Waals surface area contributed by atoms with Crippen LogP contribution in [-0.4, -0.2) is 49.4 Å². The summed E-state index contributed by atoms with van der Waals surface area (Å²) in [6.07, 6.45) is 4.46. The Bertz CT molecular complexity index is 1110. The van der Waals surface area contributed by atoms with Gasteiger partial charge in [-0.05, 0) is 49.8 Å². The van der Waals surface area contributed by atoms with Gasteiger partial charge in [-0.25, -0.2) is 9.50 Å². The molecule has 0 saturated carbocycles. The van der Waals surface area contributed by atoms with Gasteiger partial charge in [0.1, 0.15) is 6.33 Å². The summed E-state index contributed by atoms with van der Waals surface area (Å²) in [6.45, 7) is 5.86. The van der Waals surface area contributed by atoms with Crippen molar-refractivity contribution in [2.75, 3.05) is 13.1 Å². The van der Waals surface area contributed by atoms with Crippen LogP contribution in [0.4, 0.5) is 0 Å². The smallest absolute Gasteiger partial charge is 0.252 e. The van der Waals surface area contributed by atoms with Crippen molar-refractivity contribution in [3.63, 3.8) is 0 Å². The minimum atomic E-state index is -0.0168. The minimum absolute atomic E-state index is 0.0168. The molecule has 3 aromatic rings. The number of aryl methyl sites for hydroxylation is 2. The highest BCUT2D eigenvalue weighted by Gasteiger charge is 2.20. The molecular weight excluding hydrogens is 392 g/mol. The van der Waals surface area contributed by atoms with E-state index in [1.807, 2.05) is 30.9 Å². The van der Waals surface area contributed by atoms with Gasteiger partial charge >= 0.3 is 0 Å². The number of hydrogen-bond acceptors (Lipinski definition) is 5. The summed E-state index contributed by atoms with van der Waals surface area (Å²) in [4.78, 5) is 35.3. The minimum Gasteiger partial charge on any atom is -0.356 e. The van der Waals surface area contributed by atoms with Crippen LogP contribution in [-0.2, 0) is 29.0 Å². The summed E-state index contributed by atoms with van der Waals surface area (Å²) >= 11 is 0. The van der Waals surface area contributed by atoms with Crippen LogP contribution in [0.25, 0.3) is 5.78 Å². The number of carbonyl (C=O) groups is 2. The summed E-state index contributed by atoms with van der Waals surface area (Å²) in [5.74, 6) is 0.712. The molecule has 1 aromatic carbocycles. The van der Waals surface area contributed by atoms with Gasteiger partial charge in [0.25, 0.3) is 5.78 Å². The van der Waals surface area contributed by atoms with E-state index >= 15 is 0 Å². The Labute approximate surface area is 181 Å². The van der Waals surface area contributed by atoms with Crippen LogP contribution >= 0.6 is 0 Å². The zero-order chi connectivity index (χ0) is 21.8. The van der Waals surface area contributed by atoms with Crippen LogP contribution in [0.5, 0.6) is 0 Å². The molecule has 0 bridgehead atoms. The Hall–Kier alpha value is -3.29. The first-order valence-electron chi connectivity index (χ1n) is 10.8. The standard InChI is InChI=1S/C23H28N6O2/c1-16-20(17(2)29-23(27-16)25-15-26-29)9-10-21(30)24-12-5-8-22(31)28-13-11-18-6-3-4-7-19(18)14-28/h3-4,6-7,15H,5,8-14H2,1-2H3,(H,24,30). The number of aromatic nitrogens is 4. The highest BCUT2D eigenvalue weighted by atomic mass is 16.2. The first-order chi connectivity index (χ1) is 15.0.